The molecule has 0 saturated carbocycles. The minimum Gasteiger partial charge on any atom is -0.362 e. The summed E-state index contributed by atoms with van der Waals surface area (Å²) in [7, 11) is 0. The van der Waals surface area contributed by atoms with Crippen molar-refractivity contribution in [2.75, 3.05) is 4.90 Å². The fourth-order valence-corrected chi connectivity index (χ4v) is 2.59. The van der Waals surface area contributed by atoms with E-state index in [0.29, 0.717) is 5.69 Å². The molecule has 0 atom stereocenters. The van der Waals surface area contributed by atoms with E-state index in [1.54, 1.807) is 12.3 Å². The van der Waals surface area contributed by atoms with Gasteiger partial charge in [0.25, 0.3) is 0 Å². The van der Waals surface area contributed by atoms with Crippen LogP contribution in [0.25, 0.3) is 0 Å². The highest BCUT2D eigenvalue weighted by molar-refractivity contribution is 9.10. The fourth-order valence-electron chi connectivity index (χ4n) is 2.18. The minimum absolute atomic E-state index is 0.457. The highest BCUT2D eigenvalue weighted by Gasteiger charge is 2.19. The normalized spacial score (nSPS) is 13.2. The van der Waals surface area contributed by atoms with Crippen molar-refractivity contribution in [3.63, 3.8) is 0 Å². The summed E-state index contributed by atoms with van der Waals surface area (Å²) in [5.41, 5.74) is 4.20. The van der Waals surface area contributed by atoms with Gasteiger partial charge in [-0.05, 0) is 35.4 Å². The average molecular weight is 300 g/mol. The molecule has 3 nitrogen and oxygen atoms in total. The Hall–Kier alpha value is -1.86. The summed E-state index contributed by atoms with van der Waals surface area (Å²) < 4.78 is 1.11. The predicted octanol–water partition coefficient (Wildman–Crippen LogP) is 3.24. The molecule has 1 aliphatic heterocycles. The summed E-state index contributed by atoms with van der Waals surface area (Å²) >= 11 is 3.49. The van der Waals surface area contributed by atoms with E-state index in [2.05, 4.69) is 44.0 Å². The Morgan fingerprint density at radius 1 is 1.17 bits per heavy atom. The lowest BCUT2D eigenvalue weighted by atomic mass is 10.1. The molecule has 1 aromatic carbocycles. The molecule has 4 heteroatoms. The van der Waals surface area contributed by atoms with Crippen LogP contribution in [0.5, 0.6) is 0 Å². The third-order valence-electron chi connectivity index (χ3n) is 3.12. The zero-order valence-electron chi connectivity index (χ0n) is 9.60. The lowest BCUT2D eigenvalue weighted by Gasteiger charge is -2.16. The van der Waals surface area contributed by atoms with Crippen LogP contribution in [-0.4, -0.2) is 4.98 Å². The Morgan fingerprint density at radius 2 is 2.00 bits per heavy atom. The van der Waals surface area contributed by atoms with E-state index in [-0.39, 0.29) is 0 Å². The largest absolute Gasteiger partial charge is 0.362 e. The molecule has 0 amide bonds. The average Bonchev–Trinajstić information content (AvgIpc) is 2.81. The van der Waals surface area contributed by atoms with Crippen LogP contribution in [-0.2, 0) is 13.1 Å². The maximum Gasteiger partial charge on any atom is 0.140 e. The van der Waals surface area contributed by atoms with E-state index in [4.69, 9.17) is 5.26 Å². The van der Waals surface area contributed by atoms with Crippen molar-refractivity contribution in [1.82, 2.24) is 4.98 Å². The topological polar surface area (TPSA) is 39.9 Å². The second kappa shape index (κ2) is 4.43. The summed E-state index contributed by atoms with van der Waals surface area (Å²) in [6.45, 7) is 1.79. The standard InChI is InChI=1S/C14H10BrN3/c15-12-2-1-10-8-18(9-11(10)5-12)14-4-3-13(6-16)17-7-14/h1-5,7H,8-9H2. The number of nitrogens with zero attached hydrogens (tertiary/aromatic N) is 3. The SMILES string of the molecule is N#Cc1ccc(N2Cc3ccc(Br)cc3C2)cn1. The first-order valence-corrected chi connectivity index (χ1v) is 6.44. The maximum absolute atomic E-state index is 8.74. The van der Waals surface area contributed by atoms with Crippen molar-refractivity contribution in [3.8, 4) is 6.07 Å². The number of halogens is 1. The lowest BCUT2D eigenvalue weighted by molar-refractivity contribution is 0.875. The molecule has 0 radical (unpaired) electrons. The number of aromatic nitrogens is 1. The van der Waals surface area contributed by atoms with Gasteiger partial charge in [-0.2, -0.15) is 5.26 Å². The minimum atomic E-state index is 0.457. The van der Waals surface area contributed by atoms with Crippen molar-refractivity contribution in [3.05, 3.63) is 57.8 Å². The molecule has 2 aromatic rings. The van der Waals surface area contributed by atoms with Crippen LogP contribution in [0.4, 0.5) is 5.69 Å². The summed E-state index contributed by atoms with van der Waals surface area (Å²) in [5.74, 6) is 0. The van der Waals surface area contributed by atoms with E-state index >= 15 is 0 Å². The fraction of sp³-hybridized carbons (Fsp3) is 0.143. The van der Waals surface area contributed by atoms with Gasteiger partial charge in [0.15, 0.2) is 0 Å². The number of rotatable bonds is 1. The zero-order valence-corrected chi connectivity index (χ0v) is 11.2. The van der Waals surface area contributed by atoms with Gasteiger partial charge >= 0.3 is 0 Å². The smallest absolute Gasteiger partial charge is 0.140 e. The van der Waals surface area contributed by atoms with Crippen LogP contribution in [0.2, 0.25) is 0 Å². The van der Waals surface area contributed by atoms with Gasteiger partial charge < -0.3 is 4.90 Å². The first-order valence-electron chi connectivity index (χ1n) is 5.64. The van der Waals surface area contributed by atoms with Gasteiger partial charge in [0.05, 0.1) is 11.9 Å². The summed E-state index contributed by atoms with van der Waals surface area (Å²) in [5, 5.41) is 8.74. The number of anilines is 1. The van der Waals surface area contributed by atoms with Crippen LogP contribution >= 0.6 is 15.9 Å². The van der Waals surface area contributed by atoms with Crippen molar-refractivity contribution in [1.29, 1.82) is 5.26 Å². The zero-order chi connectivity index (χ0) is 12.5. The van der Waals surface area contributed by atoms with Crippen LogP contribution in [0.15, 0.2) is 41.0 Å². The van der Waals surface area contributed by atoms with E-state index < -0.39 is 0 Å². The van der Waals surface area contributed by atoms with E-state index in [1.807, 2.05) is 12.1 Å². The summed E-state index contributed by atoms with van der Waals surface area (Å²) in [4.78, 5) is 6.37. The number of fused-ring (bicyclic) bond motifs is 1. The molecule has 0 saturated heterocycles. The highest BCUT2D eigenvalue weighted by atomic mass is 79.9. The summed E-state index contributed by atoms with van der Waals surface area (Å²) in [6.07, 6.45) is 1.76. The van der Waals surface area contributed by atoms with E-state index in [9.17, 15) is 0 Å². The molecular formula is C14H10BrN3. The number of nitriles is 1. The molecule has 0 fully saturated rings. The molecular weight excluding hydrogens is 290 g/mol. The van der Waals surface area contributed by atoms with Crippen LogP contribution in [0.1, 0.15) is 16.8 Å². The van der Waals surface area contributed by atoms with Crippen molar-refractivity contribution in [2.45, 2.75) is 13.1 Å². The van der Waals surface area contributed by atoms with Gasteiger partial charge in [0.1, 0.15) is 11.8 Å². The Kier molecular flexibility index (Phi) is 2.77. The Balaban J connectivity index is 1.87. The second-order valence-electron chi connectivity index (χ2n) is 4.28. The van der Waals surface area contributed by atoms with Crippen molar-refractivity contribution >= 4 is 21.6 Å². The van der Waals surface area contributed by atoms with Gasteiger partial charge in [-0.25, -0.2) is 4.98 Å². The molecule has 2 heterocycles. The molecule has 88 valence electrons. The Bertz CT molecular complexity index is 628. The van der Waals surface area contributed by atoms with Gasteiger partial charge in [0.2, 0.25) is 0 Å². The van der Waals surface area contributed by atoms with Gasteiger partial charge in [-0.1, -0.05) is 22.0 Å². The van der Waals surface area contributed by atoms with Crippen molar-refractivity contribution < 1.29 is 0 Å². The molecule has 1 aromatic heterocycles. The number of hydrogen-bond acceptors (Lipinski definition) is 3. The molecule has 1 aliphatic rings. The molecule has 0 unspecified atom stereocenters. The molecule has 18 heavy (non-hydrogen) atoms. The number of hydrogen-bond donors (Lipinski definition) is 0. The summed E-state index contributed by atoms with van der Waals surface area (Å²) in [6, 6.07) is 12.1. The maximum atomic E-state index is 8.74. The molecule has 0 bridgehead atoms. The van der Waals surface area contributed by atoms with Gasteiger partial charge in [-0.3, -0.25) is 0 Å². The molecule has 0 aliphatic carbocycles. The van der Waals surface area contributed by atoms with Crippen molar-refractivity contribution in [2.24, 2.45) is 0 Å². The monoisotopic (exact) mass is 299 g/mol. The molecule has 0 spiro atoms. The first-order chi connectivity index (χ1) is 8.76. The first kappa shape index (κ1) is 11.2. The predicted molar refractivity (Wildman–Crippen MR) is 73.0 cm³/mol. The number of pyridine rings is 1. The lowest BCUT2D eigenvalue weighted by Crippen LogP contribution is -2.14. The van der Waals surface area contributed by atoms with Crippen LogP contribution in [0.3, 0.4) is 0 Å². The molecule has 3 rings (SSSR count). The van der Waals surface area contributed by atoms with Crippen LogP contribution < -0.4 is 4.90 Å². The Morgan fingerprint density at radius 3 is 2.72 bits per heavy atom. The molecule has 0 N–H and O–H groups in total. The van der Waals surface area contributed by atoms with Crippen LogP contribution in [0, 0.1) is 11.3 Å². The van der Waals surface area contributed by atoms with Gasteiger partial charge in [0, 0.05) is 17.6 Å². The van der Waals surface area contributed by atoms with E-state index in [1.165, 1.54) is 11.1 Å². The quantitative estimate of drug-likeness (QED) is 0.811. The van der Waals surface area contributed by atoms with Gasteiger partial charge in [-0.15, -0.1) is 0 Å². The second-order valence-corrected chi connectivity index (χ2v) is 5.20. The number of benzene rings is 1. The van der Waals surface area contributed by atoms with E-state index in [0.717, 1.165) is 23.2 Å². The third-order valence-corrected chi connectivity index (χ3v) is 3.61. The highest BCUT2D eigenvalue weighted by Crippen LogP contribution is 2.29. The third kappa shape index (κ3) is 1.98. The Labute approximate surface area is 114 Å².